The monoisotopic (exact) mass is 206 g/mol. The quantitative estimate of drug-likeness (QED) is 0.228. The van der Waals surface area contributed by atoms with Crippen molar-refractivity contribution in [2.24, 2.45) is 0 Å². The Labute approximate surface area is 102 Å². The largest absolute Gasteiger partial charge is 1.00 e. The first-order valence-electron chi connectivity index (χ1n) is 4.19. The van der Waals surface area contributed by atoms with Crippen LogP contribution in [0.5, 0.6) is 0 Å². The number of hydrogen-bond donors (Lipinski definition) is 0. The fourth-order valence-corrected chi connectivity index (χ4v) is 1.20. The maximum Gasteiger partial charge on any atom is 1.00 e. The Morgan fingerprint density at radius 1 is 0.867 bits per heavy atom. The molecular weight excluding hydrogens is 191 g/mol. The molecule has 4 nitrogen and oxygen atoms in total. The molecule has 0 radical (unpaired) electrons. The van der Waals surface area contributed by atoms with Gasteiger partial charge < -0.3 is 25.0 Å². The van der Waals surface area contributed by atoms with Gasteiger partial charge in [-0.3, -0.25) is 0 Å². The van der Waals surface area contributed by atoms with Crippen molar-refractivity contribution in [1.82, 2.24) is 0 Å². The molecule has 0 heterocycles. The van der Waals surface area contributed by atoms with Gasteiger partial charge in [0.1, 0.15) is 0 Å². The summed E-state index contributed by atoms with van der Waals surface area (Å²) in [5.74, 6) is -1.79. The van der Waals surface area contributed by atoms with Crippen molar-refractivity contribution in [3.63, 3.8) is 0 Å². The van der Waals surface area contributed by atoms with Crippen molar-refractivity contribution in [3.05, 3.63) is 24.3 Å². The van der Waals surface area contributed by atoms with Crippen LogP contribution in [-0.2, 0) is 18.9 Å². The molecule has 0 aliphatic heterocycles. The molecule has 1 rings (SSSR count). The van der Waals surface area contributed by atoms with Crippen LogP contribution in [0.4, 0.5) is 0 Å². The predicted octanol–water partition coefficient (Wildman–Crippen LogP) is -2.10. The summed E-state index contributed by atoms with van der Waals surface area (Å²) in [4.78, 5) is 0. The average Bonchev–Trinajstić information content (AvgIpc) is 2.29. The van der Waals surface area contributed by atoms with Gasteiger partial charge in [0, 0.05) is 28.4 Å². The van der Waals surface area contributed by atoms with Crippen LogP contribution < -0.4 is 18.9 Å². The third-order valence-electron chi connectivity index (χ3n) is 2.25. The molecule has 1 aliphatic rings. The van der Waals surface area contributed by atoms with Crippen molar-refractivity contribution in [1.29, 1.82) is 0 Å². The smallest absolute Gasteiger partial charge is 0.429 e. The van der Waals surface area contributed by atoms with Crippen molar-refractivity contribution in [2.75, 3.05) is 28.4 Å². The molecule has 0 spiro atoms. The molecule has 80 valence electrons. The zero-order valence-corrected chi connectivity index (χ0v) is 9.87. The summed E-state index contributed by atoms with van der Waals surface area (Å²) < 4.78 is 20.6. The van der Waals surface area contributed by atoms with E-state index in [0.717, 1.165) is 0 Å². The van der Waals surface area contributed by atoms with Gasteiger partial charge in [-0.2, -0.15) is 0 Å². The summed E-state index contributed by atoms with van der Waals surface area (Å²) in [6.07, 6.45) is 7.96. The van der Waals surface area contributed by atoms with E-state index in [-0.39, 0.29) is 18.9 Å². The molecule has 0 atom stereocenters. The van der Waals surface area contributed by atoms with Crippen molar-refractivity contribution in [2.45, 2.75) is 11.6 Å². The molecule has 0 amide bonds. The predicted molar refractivity (Wildman–Crippen MR) is 50.5 cm³/mol. The minimum Gasteiger partial charge on any atom is -0.429 e. The summed E-state index contributed by atoms with van der Waals surface area (Å²) in [5, 5.41) is 0. The van der Waals surface area contributed by atoms with Gasteiger partial charge in [0.15, 0.2) is 5.79 Å². The SMILES string of the molecule is COC1(OC)[C-]=CC(OC)(OC)C=C1.[Li+]. The van der Waals surface area contributed by atoms with Crippen LogP contribution in [0.15, 0.2) is 18.2 Å². The Kier molecular flexibility index (Phi) is 5.82. The number of ether oxygens (including phenoxy) is 4. The van der Waals surface area contributed by atoms with E-state index >= 15 is 0 Å². The van der Waals surface area contributed by atoms with E-state index in [1.165, 1.54) is 0 Å². The molecule has 0 aromatic heterocycles. The van der Waals surface area contributed by atoms with Crippen LogP contribution >= 0.6 is 0 Å². The fraction of sp³-hybridized carbons (Fsp3) is 0.600. The van der Waals surface area contributed by atoms with Crippen molar-refractivity contribution in [3.8, 4) is 0 Å². The normalized spacial score (nSPS) is 21.1. The van der Waals surface area contributed by atoms with Gasteiger partial charge in [-0.15, -0.1) is 0 Å². The van der Waals surface area contributed by atoms with Crippen LogP contribution in [-0.4, -0.2) is 40.0 Å². The van der Waals surface area contributed by atoms with Gasteiger partial charge in [0.2, 0.25) is 0 Å². The van der Waals surface area contributed by atoms with E-state index in [2.05, 4.69) is 6.08 Å². The zero-order valence-electron chi connectivity index (χ0n) is 9.87. The molecule has 5 heteroatoms. The van der Waals surface area contributed by atoms with Crippen molar-refractivity contribution >= 4 is 0 Å². The fourth-order valence-electron chi connectivity index (χ4n) is 1.20. The molecule has 1 aliphatic carbocycles. The Morgan fingerprint density at radius 2 is 1.40 bits per heavy atom. The summed E-state index contributed by atoms with van der Waals surface area (Å²) in [7, 11) is 6.19. The van der Waals surface area contributed by atoms with E-state index in [1.54, 1.807) is 46.7 Å². The van der Waals surface area contributed by atoms with Crippen LogP contribution in [0.25, 0.3) is 0 Å². The maximum absolute atomic E-state index is 5.17. The molecule has 0 unspecified atom stereocenters. The van der Waals surface area contributed by atoms with Gasteiger partial charge in [-0.25, -0.2) is 6.08 Å². The van der Waals surface area contributed by atoms with Crippen LogP contribution in [0.3, 0.4) is 0 Å². The second-order valence-electron chi connectivity index (χ2n) is 2.83. The van der Waals surface area contributed by atoms with E-state index in [4.69, 9.17) is 18.9 Å². The van der Waals surface area contributed by atoms with Crippen LogP contribution in [0.1, 0.15) is 0 Å². The summed E-state index contributed by atoms with van der Waals surface area (Å²) >= 11 is 0. The number of methoxy groups -OCH3 is 4. The second kappa shape index (κ2) is 5.85. The molecule has 0 aromatic rings. The Balaban J connectivity index is 0.00000196. The van der Waals surface area contributed by atoms with Gasteiger partial charge in [0.05, 0.1) is 5.79 Å². The Morgan fingerprint density at radius 3 is 1.67 bits per heavy atom. The Bertz CT molecular complexity index is 200. The molecule has 0 fully saturated rings. The third kappa shape index (κ3) is 2.94. The molecule has 0 saturated carbocycles. The van der Waals surface area contributed by atoms with E-state index in [9.17, 15) is 0 Å². The molecule has 0 N–H and O–H groups in total. The number of hydrogen-bond acceptors (Lipinski definition) is 4. The van der Waals surface area contributed by atoms with E-state index in [0.29, 0.717) is 0 Å². The first-order chi connectivity index (χ1) is 6.66. The average molecular weight is 206 g/mol. The first-order valence-corrected chi connectivity index (χ1v) is 4.19. The minimum absolute atomic E-state index is 0. The standard InChI is InChI=1S/C10H15O4.Li/c1-11-9(12-2)5-7-10(13-3,14-4)8-6-9;/h5-7H,1-4H3;/q-1;+1. The maximum atomic E-state index is 5.17. The zero-order chi connectivity index (χ0) is 10.7. The van der Waals surface area contributed by atoms with Crippen LogP contribution in [0, 0.1) is 6.08 Å². The number of rotatable bonds is 4. The topological polar surface area (TPSA) is 36.9 Å². The summed E-state index contributed by atoms with van der Waals surface area (Å²) in [6, 6.07) is 0. The summed E-state index contributed by atoms with van der Waals surface area (Å²) in [5.41, 5.74) is 0. The molecular formula is C10H15LiO4. The van der Waals surface area contributed by atoms with Gasteiger partial charge >= 0.3 is 18.9 Å². The molecule has 15 heavy (non-hydrogen) atoms. The van der Waals surface area contributed by atoms with Gasteiger partial charge in [-0.1, -0.05) is 6.08 Å². The van der Waals surface area contributed by atoms with E-state index < -0.39 is 11.6 Å². The van der Waals surface area contributed by atoms with Crippen molar-refractivity contribution < 1.29 is 37.8 Å². The van der Waals surface area contributed by atoms with Gasteiger partial charge in [-0.05, 0) is 6.08 Å². The Hall–Kier alpha value is -0.0826. The van der Waals surface area contributed by atoms with Crippen LogP contribution in [0.2, 0.25) is 0 Å². The minimum atomic E-state index is -0.930. The van der Waals surface area contributed by atoms with E-state index in [1.807, 2.05) is 0 Å². The molecule has 0 aromatic carbocycles. The van der Waals surface area contributed by atoms with Gasteiger partial charge in [0.25, 0.3) is 0 Å². The second-order valence-corrected chi connectivity index (χ2v) is 2.83. The third-order valence-corrected chi connectivity index (χ3v) is 2.25. The first kappa shape index (κ1) is 14.9. The summed E-state index contributed by atoms with van der Waals surface area (Å²) in [6.45, 7) is 0. The molecule has 0 saturated heterocycles. The molecule has 0 bridgehead atoms.